The quantitative estimate of drug-likeness (QED) is 0.839. The first-order valence-corrected chi connectivity index (χ1v) is 6.40. The van der Waals surface area contributed by atoms with Crippen molar-refractivity contribution < 1.29 is 5.11 Å². The van der Waals surface area contributed by atoms with Crippen molar-refractivity contribution in [1.29, 1.82) is 0 Å². The van der Waals surface area contributed by atoms with Crippen molar-refractivity contribution in [3.8, 4) is 0 Å². The van der Waals surface area contributed by atoms with Crippen LogP contribution in [0.5, 0.6) is 0 Å². The molecule has 1 aliphatic rings. The molecule has 1 aromatic carbocycles. The Kier molecular flexibility index (Phi) is 3.50. The van der Waals surface area contributed by atoms with Crippen molar-refractivity contribution in [2.75, 3.05) is 18.1 Å². The van der Waals surface area contributed by atoms with E-state index in [1.165, 1.54) is 4.90 Å². The third-order valence-corrected chi connectivity index (χ3v) is 4.03. The third-order valence-electron chi connectivity index (χ3n) is 1.82. The van der Waals surface area contributed by atoms with Crippen LogP contribution in [-0.4, -0.2) is 28.3 Å². The first-order chi connectivity index (χ1) is 6.90. The number of fused-ring (bicyclic) bond motifs is 1. The second kappa shape index (κ2) is 4.87. The Labute approximate surface area is 91.8 Å². The lowest BCUT2D eigenvalue weighted by molar-refractivity contribution is 0.323. The van der Waals surface area contributed by atoms with Crippen molar-refractivity contribution in [2.24, 2.45) is 4.99 Å². The topological polar surface area (TPSA) is 32.6 Å². The van der Waals surface area contributed by atoms with Crippen LogP contribution in [0.15, 0.2) is 34.2 Å². The number of aliphatic hydroxyl groups excluding tert-OH is 1. The molecule has 0 amide bonds. The molecular weight excluding hydrogens is 214 g/mol. The smallest absolute Gasteiger partial charge is 0.0842 e. The first-order valence-electron chi connectivity index (χ1n) is 4.43. The van der Waals surface area contributed by atoms with Gasteiger partial charge in [-0.2, -0.15) is 0 Å². The lowest BCUT2D eigenvalue weighted by Gasteiger charge is -2.13. The molecule has 0 aliphatic carbocycles. The molecule has 74 valence electrons. The molecule has 0 fully saturated rings. The Balaban J connectivity index is 2.14. The van der Waals surface area contributed by atoms with Crippen LogP contribution in [-0.2, 0) is 0 Å². The highest BCUT2D eigenvalue weighted by molar-refractivity contribution is 8.16. The van der Waals surface area contributed by atoms with Gasteiger partial charge in [0.15, 0.2) is 0 Å². The Hall–Kier alpha value is -0.450. The molecule has 0 unspecified atom stereocenters. The van der Waals surface area contributed by atoms with Gasteiger partial charge in [0.2, 0.25) is 0 Å². The molecule has 0 saturated carbocycles. The molecule has 0 aromatic heterocycles. The fraction of sp³-hybridized carbons (Fsp3) is 0.300. The number of nitrogens with zero attached hydrogens (tertiary/aromatic N) is 1. The van der Waals surface area contributed by atoms with Gasteiger partial charge in [-0.25, -0.2) is 4.99 Å². The average Bonchev–Trinajstić information content (AvgIpc) is 2.26. The molecule has 0 bridgehead atoms. The van der Waals surface area contributed by atoms with Gasteiger partial charge in [-0.05, 0) is 12.1 Å². The van der Waals surface area contributed by atoms with E-state index < -0.39 is 0 Å². The molecule has 2 nitrogen and oxygen atoms in total. The van der Waals surface area contributed by atoms with Crippen LogP contribution >= 0.6 is 23.5 Å². The highest BCUT2D eigenvalue weighted by Crippen LogP contribution is 2.35. The maximum absolute atomic E-state index is 8.71. The van der Waals surface area contributed by atoms with Crippen molar-refractivity contribution >= 4 is 34.3 Å². The van der Waals surface area contributed by atoms with Gasteiger partial charge in [-0.15, -0.1) is 23.5 Å². The van der Waals surface area contributed by atoms with Crippen molar-refractivity contribution in [3.05, 3.63) is 24.3 Å². The van der Waals surface area contributed by atoms with Crippen LogP contribution in [0.2, 0.25) is 0 Å². The van der Waals surface area contributed by atoms with E-state index in [4.69, 9.17) is 5.11 Å². The van der Waals surface area contributed by atoms with E-state index in [9.17, 15) is 0 Å². The van der Waals surface area contributed by atoms with Crippen LogP contribution in [0, 0.1) is 0 Å². The van der Waals surface area contributed by atoms with Crippen LogP contribution in [0.3, 0.4) is 0 Å². The largest absolute Gasteiger partial charge is 0.396 e. The van der Waals surface area contributed by atoms with Gasteiger partial charge < -0.3 is 5.11 Å². The summed E-state index contributed by atoms with van der Waals surface area (Å²) in [7, 11) is 0. The summed E-state index contributed by atoms with van der Waals surface area (Å²) < 4.78 is 0. The number of rotatable bonds is 2. The van der Waals surface area contributed by atoms with E-state index in [-0.39, 0.29) is 6.61 Å². The predicted octanol–water partition coefficient (Wildman–Crippen LogP) is 2.55. The van der Waals surface area contributed by atoms with Crippen molar-refractivity contribution in [1.82, 2.24) is 0 Å². The van der Waals surface area contributed by atoms with Crippen molar-refractivity contribution in [2.45, 2.75) is 4.90 Å². The molecular formula is C10H11NOS2. The number of thioether (sulfide) groups is 2. The molecule has 0 saturated heterocycles. The van der Waals surface area contributed by atoms with E-state index >= 15 is 0 Å². The standard InChI is InChI=1S/C10H11NOS2/c12-5-6-13-10-7-14-9-4-2-1-3-8(9)11-10/h1-4,12H,5-7H2. The Bertz CT molecular complexity index is 352. The minimum atomic E-state index is 0.218. The maximum Gasteiger partial charge on any atom is 0.0842 e. The molecule has 1 heterocycles. The summed E-state index contributed by atoms with van der Waals surface area (Å²) in [4.78, 5) is 5.78. The summed E-state index contributed by atoms with van der Waals surface area (Å²) in [6.07, 6.45) is 0. The SMILES string of the molecule is OCCSC1=Nc2ccccc2SC1. The van der Waals surface area contributed by atoms with Crippen LogP contribution in [0.4, 0.5) is 5.69 Å². The lowest BCUT2D eigenvalue weighted by Crippen LogP contribution is -2.03. The third kappa shape index (κ3) is 2.32. The summed E-state index contributed by atoms with van der Waals surface area (Å²) in [5, 5.41) is 9.82. The number of aliphatic imine (C=N–C) groups is 1. The van der Waals surface area contributed by atoms with Crippen LogP contribution in [0.25, 0.3) is 0 Å². The van der Waals surface area contributed by atoms with E-state index in [0.717, 1.165) is 22.2 Å². The monoisotopic (exact) mass is 225 g/mol. The molecule has 0 spiro atoms. The van der Waals surface area contributed by atoms with Gasteiger partial charge in [0.1, 0.15) is 0 Å². The van der Waals surface area contributed by atoms with Gasteiger partial charge in [-0.1, -0.05) is 12.1 Å². The van der Waals surface area contributed by atoms with E-state index in [2.05, 4.69) is 11.1 Å². The molecule has 1 aromatic rings. The second-order valence-electron chi connectivity index (χ2n) is 2.83. The minimum Gasteiger partial charge on any atom is -0.396 e. The predicted molar refractivity (Wildman–Crippen MR) is 63.8 cm³/mol. The van der Waals surface area contributed by atoms with E-state index in [1.54, 1.807) is 11.8 Å². The molecule has 4 heteroatoms. The normalized spacial score (nSPS) is 14.8. The highest BCUT2D eigenvalue weighted by Gasteiger charge is 2.11. The summed E-state index contributed by atoms with van der Waals surface area (Å²) in [6.45, 7) is 0.218. The number of aliphatic hydroxyl groups is 1. The minimum absolute atomic E-state index is 0.218. The maximum atomic E-state index is 8.71. The zero-order chi connectivity index (χ0) is 9.80. The zero-order valence-electron chi connectivity index (χ0n) is 7.64. The van der Waals surface area contributed by atoms with Crippen LogP contribution < -0.4 is 0 Å². The van der Waals surface area contributed by atoms with E-state index in [0.29, 0.717) is 0 Å². The average molecular weight is 225 g/mol. The Morgan fingerprint density at radius 3 is 3.14 bits per heavy atom. The Morgan fingerprint density at radius 1 is 1.43 bits per heavy atom. The summed E-state index contributed by atoms with van der Waals surface area (Å²) in [6, 6.07) is 8.16. The van der Waals surface area contributed by atoms with Gasteiger partial charge in [0.05, 0.1) is 17.3 Å². The van der Waals surface area contributed by atoms with Gasteiger partial charge in [0.25, 0.3) is 0 Å². The molecule has 1 aliphatic heterocycles. The zero-order valence-corrected chi connectivity index (χ0v) is 9.27. The molecule has 14 heavy (non-hydrogen) atoms. The van der Waals surface area contributed by atoms with Gasteiger partial charge in [-0.3, -0.25) is 0 Å². The highest BCUT2D eigenvalue weighted by atomic mass is 32.2. The fourth-order valence-electron chi connectivity index (χ4n) is 1.22. The number of hydrogen-bond acceptors (Lipinski definition) is 4. The molecule has 2 rings (SSSR count). The van der Waals surface area contributed by atoms with Gasteiger partial charge >= 0.3 is 0 Å². The lowest BCUT2D eigenvalue weighted by atomic mass is 10.3. The fourth-order valence-corrected chi connectivity index (χ4v) is 2.99. The summed E-state index contributed by atoms with van der Waals surface area (Å²) in [5.74, 6) is 1.67. The molecule has 1 N–H and O–H groups in total. The molecule has 0 atom stereocenters. The second-order valence-corrected chi connectivity index (χ2v) is 5.02. The number of para-hydroxylation sites is 1. The first kappa shape index (κ1) is 10.1. The number of hydrogen-bond donors (Lipinski definition) is 1. The van der Waals surface area contributed by atoms with Crippen molar-refractivity contribution in [3.63, 3.8) is 0 Å². The van der Waals surface area contributed by atoms with Gasteiger partial charge in [0, 0.05) is 16.4 Å². The van der Waals surface area contributed by atoms with E-state index in [1.807, 2.05) is 30.0 Å². The van der Waals surface area contributed by atoms with Crippen LogP contribution in [0.1, 0.15) is 0 Å². The molecule has 0 radical (unpaired) electrons. The Morgan fingerprint density at radius 2 is 2.29 bits per heavy atom. The summed E-state index contributed by atoms with van der Waals surface area (Å²) in [5.41, 5.74) is 1.06. The summed E-state index contributed by atoms with van der Waals surface area (Å²) >= 11 is 3.45. The number of benzene rings is 1.